The minimum Gasteiger partial charge on any atom is -0.460 e. The molecule has 6 nitrogen and oxygen atoms in total. The van der Waals surface area contributed by atoms with E-state index >= 15 is 0 Å². The van der Waals surface area contributed by atoms with Crippen LogP contribution in [0.4, 0.5) is 5.82 Å². The number of halogens is 1. The molecule has 2 aromatic heterocycles. The van der Waals surface area contributed by atoms with E-state index in [2.05, 4.69) is 19.9 Å². The maximum atomic E-state index is 5.83. The summed E-state index contributed by atoms with van der Waals surface area (Å²) in [6.45, 7) is 1.83. The number of rotatable bonds is 4. The van der Waals surface area contributed by atoms with Crippen molar-refractivity contribution in [3.8, 4) is 6.01 Å². The number of ether oxygens (including phenoxy) is 1. The predicted octanol–water partition coefficient (Wildman–Crippen LogP) is 2.85. The van der Waals surface area contributed by atoms with Gasteiger partial charge in [0.05, 0.1) is 17.4 Å². The molecule has 1 aliphatic carbocycles. The van der Waals surface area contributed by atoms with Gasteiger partial charge in [-0.25, -0.2) is 19.9 Å². The molecular weight excluding hydrogens is 314 g/mol. The number of aromatic nitrogens is 4. The van der Waals surface area contributed by atoms with Crippen molar-refractivity contribution >= 4 is 17.4 Å². The fourth-order valence-corrected chi connectivity index (χ4v) is 2.89. The highest BCUT2D eigenvalue weighted by atomic mass is 35.5. The smallest absolute Gasteiger partial charge is 0.316 e. The molecule has 1 aliphatic heterocycles. The summed E-state index contributed by atoms with van der Waals surface area (Å²) < 4.78 is 5.83. The van der Waals surface area contributed by atoms with Crippen molar-refractivity contribution in [2.45, 2.75) is 37.7 Å². The van der Waals surface area contributed by atoms with Gasteiger partial charge in [0.15, 0.2) is 0 Å². The summed E-state index contributed by atoms with van der Waals surface area (Å²) in [7, 11) is 0. The molecule has 2 aliphatic rings. The standard InChI is InChI=1S/C16H18ClN5O/c17-12-9-19-16(20-10-12)23-13-4-7-22(8-5-13)14-3-6-18-15(21-14)11-1-2-11/h3,6,9-11,13H,1-2,4-5,7-8H2. The van der Waals surface area contributed by atoms with Gasteiger partial charge in [-0.3, -0.25) is 0 Å². The van der Waals surface area contributed by atoms with Gasteiger partial charge < -0.3 is 9.64 Å². The highest BCUT2D eigenvalue weighted by Gasteiger charge is 2.28. The zero-order valence-corrected chi connectivity index (χ0v) is 13.5. The van der Waals surface area contributed by atoms with Crippen LogP contribution in [0.25, 0.3) is 0 Å². The zero-order valence-electron chi connectivity index (χ0n) is 12.7. The fourth-order valence-electron chi connectivity index (χ4n) is 2.79. The van der Waals surface area contributed by atoms with Crippen molar-refractivity contribution in [1.29, 1.82) is 0 Å². The Balaban J connectivity index is 1.35. The minimum atomic E-state index is 0.136. The molecule has 0 N–H and O–H groups in total. The van der Waals surface area contributed by atoms with Crippen LogP contribution in [0.1, 0.15) is 37.4 Å². The van der Waals surface area contributed by atoms with Crippen LogP contribution in [0.3, 0.4) is 0 Å². The Kier molecular flexibility index (Phi) is 3.99. The van der Waals surface area contributed by atoms with Gasteiger partial charge in [0, 0.05) is 38.0 Å². The summed E-state index contributed by atoms with van der Waals surface area (Å²) in [6.07, 6.45) is 9.42. The first kappa shape index (κ1) is 14.6. The van der Waals surface area contributed by atoms with Crippen LogP contribution in [0.2, 0.25) is 5.02 Å². The zero-order chi connectivity index (χ0) is 15.6. The lowest BCUT2D eigenvalue weighted by molar-refractivity contribution is 0.156. The van der Waals surface area contributed by atoms with E-state index in [0.29, 0.717) is 17.0 Å². The Morgan fingerprint density at radius 3 is 2.48 bits per heavy atom. The van der Waals surface area contributed by atoms with Gasteiger partial charge in [0.2, 0.25) is 0 Å². The molecule has 120 valence electrons. The molecule has 1 saturated heterocycles. The van der Waals surface area contributed by atoms with E-state index in [1.807, 2.05) is 12.3 Å². The molecule has 1 saturated carbocycles. The van der Waals surface area contributed by atoms with Gasteiger partial charge in [0.1, 0.15) is 17.7 Å². The summed E-state index contributed by atoms with van der Waals surface area (Å²) in [5.74, 6) is 2.61. The molecule has 3 heterocycles. The van der Waals surface area contributed by atoms with E-state index in [9.17, 15) is 0 Å². The van der Waals surface area contributed by atoms with Crippen molar-refractivity contribution < 1.29 is 4.74 Å². The topological polar surface area (TPSA) is 64.0 Å². The van der Waals surface area contributed by atoms with Crippen molar-refractivity contribution in [3.05, 3.63) is 35.5 Å². The molecule has 4 rings (SSSR count). The largest absolute Gasteiger partial charge is 0.460 e. The summed E-state index contributed by atoms with van der Waals surface area (Å²) in [5.41, 5.74) is 0. The second-order valence-electron chi connectivity index (χ2n) is 6.04. The molecule has 0 atom stereocenters. The molecule has 0 unspecified atom stereocenters. The molecule has 0 amide bonds. The lowest BCUT2D eigenvalue weighted by Gasteiger charge is -2.32. The first-order valence-electron chi connectivity index (χ1n) is 8.00. The van der Waals surface area contributed by atoms with E-state index in [1.165, 1.54) is 12.8 Å². The Labute approximate surface area is 139 Å². The van der Waals surface area contributed by atoms with Crippen LogP contribution < -0.4 is 9.64 Å². The third-order valence-corrected chi connectivity index (χ3v) is 4.43. The fraction of sp³-hybridized carbons (Fsp3) is 0.500. The van der Waals surface area contributed by atoms with E-state index in [1.54, 1.807) is 12.4 Å². The third kappa shape index (κ3) is 3.52. The normalized spacial score (nSPS) is 18.9. The highest BCUT2D eigenvalue weighted by molar-refractivity contribution is 6.30. The number of nitrogens with zero attached hydrogens (tertiary/aromatic N) is 5. The maximum absolute atomic E-state index is 5.83. The number of hydrogen-bond donors (Lipinski definition) is 0. The van der Waals surface area contributed by atoms with E-state index in [0.717, 1.165) is 37.6 Å². The maximum Gasteiger partial charge on any atom is 0.316 e. The monoisotopic (exact) mass is 331 g/mol. The highest BCUT2D eigenvalue weighted by Crippen LogP contribution is 2.38. The Hall–Kier alpha value is -1.95. The summed E-state index contributed by atoms with van der Waals surface area (Å²) in [4.78, 5) is 19.6. The summed E-state index contributed by atoms with van der Waals surface area (Å²) >= 11 is 5.78. The van der Waals surface area contributed by atoms with Crippen LogP contribution in [0.15, 0.2) is 24.7 Å². The molecule has 23 heavy (non-hydrogen) atoms. The van der Waals surface area contributed by atoms with Gasteiger partial charge in [-0.1, -0.05) is 11.6 Å². The quantitative estimate of drug-likeness (QED) is 0.858. The van der Waals surface area contributed by atoms with E-state index in [4.69, 9.17) is 21.3 Å². The Morgan fingerprint density at radius 2 is 1.78 bits per heavy atom. The molecule has 7 heteroatoms. The second kappa shape index (κ2) is 6.28. The number of piperidine rings is 1. The van der Waals surface area contributed by atoms with Gasteiger partial charge in [0.25, 0.3) is 0 Å². The van der Waals surface area contributed by atoms with Gasteiger partial charge in [-0.2, -0.15) is 0 Å². The van der Waals surface area contributed by atoms with Crippen LogP contribution in [-0.2, 0) is 0 Å². The minimum absolute atomic E-state index is 0.136. The molecule has 2 aromatic rings. The molecule has 0 aromatic carbocycles. The summed E-state index contributed by atoms with van der Waals surface area (Å²) in [5, 5.41) is 0.516. The number of hydrogen-bond acceptors (Lipinski definition) is 6. The van der Waals surface area contributed by atoms with Crippen LogP contribution in [0.5, 0.6) is 6.01 Å². The average molecular weight is 332 g/mol. The van der Waals surface area contributed by atoms with Crippen molar-refractivity contribution in [1.82, 2.24) is 19.9 Å². The van der Waals surface area contributed by atoms with Crippen molar-refractivity contribution in [3.63, 3.8) is 0 Å². The molecule has 0 bridgehead atoms. The molecule has 0 radical (unpaired) electrons. The van der Waals surface area contributed by atoms with Gasteiger partial charge >= 0.3 is 6.01 Å². The van der Waals surface area contributed by atoms with Crippen molar-refractivity contribution in [2.75, 3.05) is 18.0 Å². The first-order chi connectivity index (χ1) is 11.3. The van der Waals surface area contributed by atoms with E-state index in [-0.39, 0.29) is 6.10 Å². The molecule has 2 fully saturated rings. The van der Waals surface area contributed by atoms with Crippen LogP contribution >= 0.6 is 11.6 Å². The molecular formula is C16H18ClN5O. The van der Waals surface area contributed by atoms with Crippen LogP contribution in [-0.4, -0.2) is 39.1 Å². The van der Waals surface area contributed by atoms with Gasteiger partial charge in [-0.15, -0.1) is 0 Å². The molecule has 0 spiro atoms. The Bertz CT molecular complexity index is 668. The third-order valence-electron chi connectivity index (χ3n) is 4.24. The Morgan fingerprint density at radius 1 is 1.04 bits per heavy atom. The second-order valence-corrected chi connectivity index (χ2v) is 6.47. The lowest BCUT2D eigenvalue weighted by atomic mass is 10.1. The lowest BCUT2D eigenvalue weighted by Crippen LogP contribution is -2.39. The predicted molar refractivity (Wildman–Crippen MR) is 86.9 cm³/mol. The summed E-state index contributed by atoms with van der Waals surface area (Å²) in [6, 6.07) is 2.39. The van der Waals surface area contributed by atoms with E-state index < -0.39 is 0 Å². The van der Waals surface area contributed by atoms with Crippen LogP contribution in [0, 0.1) is 0 Å². The first-order valence-corrected chi connectivity index (χ1v) is 8.38. The SMILES string of the molecule is Clc1cnc(OC2CCN(c3ccnc(C4CC4)n3)CC2)nc1. The number of anilines is 1. The van der Waals surface area contributed by atoms with Crippen molar-refractivity contribution in [2.24, 2.45) is 0 Å². The van der Waals surface area contributed by atoms with Gasteiger partial charge in [-0.05, 0) is 18.9 Å². The average Bonchev–Trinajstić information content (AvgIpc) is 3.43.